The van der Waals surface area contributed by atoms with Gasteiger partial charge in [-0.3, -0.25) is 0 Å². The van der Waals surface area contributed by atoms with Crippen molar-refractivity contribution in [2.24, 2.45) is 0 Å². The highest BCUT2D eigenvalue weighted by atomic mass is 15.1. The van der Waals surface area contributed by atoms with E-state index < -0.39 is 0 Å². The topological polar surface area (TPSA) is 17.6 Å². The Bertz CT molecular complexity index is 728. The van der Waals surface area contributed by atoms with Crippen LogP contribution in [0.3, 0.4) is 0 Å². The number of hydrogen-bond donors (Lipinski definition) is 0. The molecule has 0 aliphatic rings. The summed E-state index contributed by atoms with van der Waals surface area (Å²) in [4.78, 5) is 0. The Hall–Kier alpha value is -2.02. The van der Waals surface area contributed by atoms with Crippen molar-refractivity contribution < 1.29 is 9.13 Å². The van der Waals surface area contributed by atoms with Crippen LogP contribution in [0.2, 0.25) is 0 Å². The van der Waals surface area contributed by atoms with Crippen LogP contribution in [-0.2, 0) is 26.2 Å². The second kappa shape index (κ2) is 19.3. The molecule has 0 amide bonds. The number of rotatable bonds is 20. The number of aryl methyl sites for hydroxylation is 2. The Morgan fingerprint density at radius 3 is 1.24 bits per heavy atom. The van der Waals surface area contributed by atoms with Crippen LogP contribution >= 0.6 is 0 Å². The van der Waals surface area contributed by atoms with Crippen molar-refractivity contribution in [3.05, 3.63) is 37.4 Å². The maximum atomic E-state index is 3.32. The number of unbranched alkanes of at least 4 members (excludes halogenated alkanes) is 14. The van der Waals surface area contributed by atoms with Crippen molar-refractivity contribution in [3.8, 4) is 11.8 Å². The standard InChI is InChI=1S/C30H52N4/c1-3-5-7-9-11-13-15-17-21-31-25-27-33(29-31)23-19-20-24-34-28-26-32(30-34)22-18-16-14-12-10-8-6-4-2/h25-30H,3-18,21-24H2,1-2H3/q+2. The van der Waals surface area contributed by atoms with E-state index in [1.807, 2.05) is 0 Å². The minimum Gasteiger partial charge on any atom is -0.237 e. The molecule has 0 saturated heterocycles. The van der Waals surface area contributed by atoms with Gasteiger partial charge in [0.1, 0.15) is 24.8 Å². The lowest BCUT2D eigenvalue weighted by Crippen LogP contribution is -2.30. The summed E-state index contributed by atoms with van der Waals surface area (Å²) >= 11 is 0. The summed E-state index contributed by atoms with van der Waals surface area (Å²) in [5.41, 5.74) is 0. The van der Waals surface area contributed by atoms with Gasteiger partial charge in [-0.1, -0.05) is 103 Å². The van der Waals surface area contributed by atoms with Crippen LogP contribution in [-0.4, -0.2) is 9.13 Å². The molecule has 0 saturated carbocycles. The third kappa shape index (κ3) is 13.6. The molecular weight excluding hydrogens is 416 g/mol. The summed E-state index contributed by atoms with van der Waals surface area (Å²) < 4.78 is 8.99. The van der Waals surface area contributed by atoms with Crippen LogP contribution in [0, 0.1) is 11.8 Å². The zero-order valence-electron chi connectivity index (χ0n) is 22.4. The molecule has 0 aliphatic carbocycles. The van der Waals surface area contributed by atoms with Gasteiger partial charge in [-0.05, 0) is 25.7 Å². The molecular formula is C30H52N4+2. The Morgan fingerprint density at radius 1 is 0.500 bits per heavy atom. The van der Waals surface area contributed by atoms with E-state index in [0.29, 0.717) is 0 Å². The Kier molecular flexibility index (Phi) is 16.0. The van der Waals surface area contributed by atoms with Crippen LogP contribution in [0.25, 0.3) is 0 Å². The minimum absolute atomic E-state index is 0.768. The third-order valence-electron chi connectivity index (χ3n) is 6.68. The van der Waals surface area contributed by atoms with Gasteiger partial charge in [-0.25, -0.2) is 18.3 Å². The Labute approximate surface area is 210 Å². The summed E-state index contributed by atoms with van der Waals surface area (Å²) in [6.45, 7) is 8.35. The lowest BCUT2D eigenvalue weighted by molar-refractivity contribution is -0.697. The van der Waals surface area contributed by atoms with Gasteiger partial charge < -0.3 is 0 Å². The number of nitrogens with zero attached hydrogens (tertiary/aromatic N) is 4. The van der Waals surface area contributed by atoms with E-state index in [9.17, 15) is 0 Å². The molecule has 34 heavy (non-hydrogen) atoms. The molecule has 2 heterocycles. The first-order chi connectivity index (χ1) is 16.8. The molecule has 2 aromatic rings. The normalized spacial score (nSPS) is 11.0. The Morgan fingerprint density at radius 2 is 0.853 bits per heavy atom. The van der Waals surface area contributed by atoms with Gasteiger partial charge in [0.25, 0.3) is 0 Å². The number of hydrogen-bond acceptors (Lipinski definition) is 0. The zero-order chi connectivity index (χ0) is 24.1. The molecule has 0 spiro atoms. The molecule has 4 heteroatoms. The van der Waals surface area contributed by atoms with Crippen LogP contribution in [0.5, 0.6) is 0 Å². The highest BCUT2D eigenvalue weighted by molar-refractivity contribution is 4.99. The van der Waals surface area contributed by atoms with E-state index in [1.54, 1.807) is 0 Å². The summed E-state index contributed by atoms with van der Waals surface area (Å²) in [6.07, 6.45) is 35.0. The lowest BCUT2D eigenvalue weighted by atomic mass is 10.1. The molecule has 0 atom stereocenters. The molecule has 0 aromatic carbocycles. The van der Waals surface area contributed by atoms with E-state index in [-0.39, 0.29) is 0 Å². The van der Waals surface area contributed by atoms with Gasteiger partial charge in [0.05, 0.1) is 13.1 Å². The summed E-state index contributed by atoms with van der Waals surface area (Å²) in [6, 6.07) is 0. The van der Waals surface area contributed by atoms with Crippen molar-refractivity contribution in [2.45, 2.75) is 143 Å². The van der Waals surface area contributed by atoms with Gasteiger partial charge in [0.2, 0.25) is 12.7 Å². The molecule has 2 aromatic heterocycles. The highest BCUT2D eigenvalue weighted by Gasteiger charge is 2.04. The SMILES string of the molecule is CCCCCCCCCC[n+]1ccn(CC#CCn2cc[n+](CCCCCCCCCC)c2)c1. The molecule has 0 N–H and O–H groups in total. The van der Waals surface area contributed by atoms with Crippen molar-refractivity contribution in [1.29, 1.82) is 0 Å². The fourth-order valence-corrected chi connectivity index (χ4v) is 4.48. The van der Waals surface area contributed by atoms with Crippen molar-refractivity contribution >= 4 is 0 Å². The quantitative estimate of drug-likeness (QED) is 0.115. The third-order valence-corrected chi connectivity index (χ3v) is 6.68. The first kappa shape index (κ1) is 28.2. The van der Waals surface area contributed by atoms with E-state index in [2.05, 4.69) is 81.4 Å². The van der Waals surface area contributed by atoms with Crippen molar-refractivity contribution in [3.63, 3.8) is 0 Å². The van der Waals surface area contributed by atoms with Gasteiger partial charge in [-0.15, -0.1) is 0 Å². The second-order valence-electron chi connectivity index (χ2n) is 9.95. The molecule has 4 nitrogen and oxygen atoms in total. The van der Waals surface area contributed by atoms with E-state index in [1.165, 1.54) is 103 Å². The molecule has 2 rings (SSSR count). The lowest BCUT2D eigenvalue weighted by Gasteiger charge is -2.00. The number of imidazole rings is 2. The highest BCUT2D eigenvalue weighted by Crippen LogP contribution is 2.09. The first-order valence-electron chi connectivity index (χ1n) is 14.4. The van der Waals surface area contributed by atoms with Crippen LogP contribution < -0.4 is 9.13 Å². The first-order valence-corrected chi connectivity index (χ1v) is 14.4. The maximum Gasteiger partial charge on any atom is 0.244 e. The predicted molar refractivity (Wildman–Crippen MR) is 142 cm³/mol. The summed E-state index contributed by atoms with van der Waals surface area (Å²) in [7, 11) is 0. The second-order valence-corrected chi connectivity index (χ2v) is 9.95. The Balaban J connectivity index is 1.52. The van der Waals surface area contributed by atoms with Crippen molar-refractivity contribution in [1.82, 2.24) is 9.13 Å². The molecule has 0 fully saturated rings. The van der Waals surface area contributed by atoms with Crippen LogP contribution in [0.1, 0.15) is 117 Å². The zero-order valence-corrected chi connectivity index (χ0v) is 22.4. The fourth-order valence-electron chi connectivity index (χ4n) is 4.48. The van der Waals surface area contributed by atoms with Gasteiger partial charge >= 0.3 is 0 Å². The predicted octanol–water partition coefficient (Wildman–Crippen LogP) is 6.85. The van der Waals surface area contributed by atoms with E-state index in [0.717, 1.165) is 26.2 Å². The largest absolute Gasteiger partial charge is 0.244 e. The molecule has 0 aliphatic heterocycles. The average molecular weight is 469 g/mol. The van der Waals surface area contributed by atoms with E-state index in [4.69, 9.17) is 0 Å². The van der Waals surface area contributed by atoms with Gasteiger partial charge in [-0.2, -0.15) is 0 Å². The van der Waals surface area contributed by atoms with Crippen LogP contribution in [0.4, 0.5) is 0 Å². The van der Waals surface area contributed by atoms with Gasteiger partial charge in [0.15, 0.2) is 13.1 Å². The molecule has 0 bridgehead atoms. The number of aromatic nitrogens is 4. The van der Waals surface area contributed by atoms with Crippen molar-refractivity contribution in [2.75, 3.05) is 0 Å². The average Bonchev–Trinajstić information content (AvgIpc) is 3.49. The monoisotopic (exact) mass is 468 g/mol. The van der Waals surface area contributed by atoms with E-state index >= 15 is 0 Å². The molecule has 0 radical (unpaired) electrons. The molecule has 0 unspecified atom stereocenters. The smallest absolute Gasteiger partial charge is 0.237 e. The summed E-state index contributed by atoms with van der Waals surface area (Å²) in [5, 5.41) is 0. The summed E-state index contributed by atoms with van der Waals surface area (Å²) in [5.74, 6) is 6.65. The fraction of sp³-hybridized carbons (Fsp3) is 0.733. The molecule has 190 valence electrons. The maximum absolute atomic E-state index is 3.32. The van der Waals surface area contributed by atoms with Gasteiger partial charge in [0, 0.05) is 0 Å². The van der Waals surface area contributed by atoms with Crippen LogP contribution in [0.15, 0.2) is 37.4 Å². The minimum atomic E-state index is 0.768.